The number of fused-ring (bicyclic) bond motifs is 1. The van der Waals surface area contributed by atoms with Crippen molar-refractivity contribution in [2.45, 2.75) is 18.8 Å². The van der Waals surface area contributed by atoms with Crippen molar-refractivity contribution >= 4 is 17.6 Å². The van der Waals surface area contributed by atoms with Crippen molar-refractivity contribution in [3.05, 3.63) is 77.6 Å². The minimum atomic E-state index is -0.985. The molecule has 0 amide bonds. The monoisotopic (exact) mass is 449 g/mol. The molecule has 0 bridgehead atoms. The molecule has 2 unspecified atom stereocenters. The summed E-state index contributed by atoms with van der Waals surface area (Å²) in [7, 11) is 5.95. The highest BCUT2D eigenvalue weighted by Crippen LogP contribution is 2.57. The Bertz CT molecular complexity index is 1100. The van der Waals surface area contributed by atoms with Crippen LogP contribution in [0, 0.1) is 5.41 Å². The molecule has 2 atom stereocenters. The number of hydrogen-bond acceptors (Lipinski definition) is 7. The van der Waals surface area contributed by atoms with Gasteiger partial charge in [0.1, 0.15) is 22.6 Å². The van der Waals surface area contributed by atoms with Gasteiger partial charge in [0.05, 0.1) is 28.4 Å². The van der Waals surface area contributed by atoms with Crippen LogP contribution in [0.15, 0.2) is 72.1 Å². The van der Waals surface area contributed by atoms with Crippen LogP contribution in [0.25, 0.3) is 0 Å². The van der Waals surface area contributed by atoms with Gasteiger partial charge in [-0.25, -0.2) is 4.79 Å². The second kappa shape index (κ2) is 9.02. The van der Waals surface area contributed by atoms with Crippen molar-refractivity contribution in [1.29, 1.82) is 0 Å². The van der Waals surface area contributed by atoms with Crippen molar-refractivity contribution < 1.29 is 28.5 Å². The quantitative estimate of drug-likeness (QED) is 0.612. The molecule has 33 heavy (non-hydrogen) atoms. The zero-order valence-corrected chi connectivity index (χ0v) is 19.2. The summed E-state index contributed by atoms with van der Waals surface area (Å²) in [6.07, 6.45) is 5.06. The molecule has 7 nitrogen and oxygen atoms in total. The highest BCUT2D eigenvalue weighted by atomic mass is 16.5. The number of nitrogens with zero attached hydrogens (tertiary/aromatic N) is 1. The maximum atomic E-state index is 13.4. The molecule has 1 aliphatic carbocycles. The fraction of sp³-hybridized carbons (Fsp3) is 0.308. The minimum absolute atomic E-state index is 0.342. The van der Waals surface area contributed by atoms with E-state index < -0.39 is 17.3 Å². The Hall–Kier alpha value is -3.74. The van der Waals surface area contributed by atoms with E-state index in [4.69, 9.17) is 18.9 Å². The maximum absolute atomic E-state index is 13.4. The van der Waals surface area contributed by atoms with E-state index in [1.165, 1.54) is 14.2 Å². The number of esters is 2. The van der Waals surface area contributed by atoms with Crippen LogP contribution >= 0.6 is 0 Å². The largest absolute Gasteiger partial charge is 0.497 e. The molecule has 0 spiro atoms. The molecule has 0 radical (unpaired) electrons. The zero-order valence-electron chi connectivity index (χ0n) is 19.2. The molecule has 2 aromatic rings. The van der Waals surface area contributed by atoms with Crippen LogP contribution < -0.4 is 14.4 Å². The first kappa shape index (κ1) is 22.5. The van der Waals surface area contributed by atoms with Gasteiger partial charge in [0.15, 0.2) is 0 Å². The number of hydrogen-bond donors (Lipinski definition) is 0. The number of rotatable bonds is 6. The highest BCUT2D eigenvalue weighted by molar-refractivity contribution is 5.98. The van der Waals surface area contributed by atoms with E-state index in [0.29, 0.717) is 35.7 Å². The van der Waals surface area contributed by atoms with Gasteiger partial charge in [0, 0.05) is 17.3 Å². The molecule has 172 valence electrons. The number of methoxy groups -OCH3 is 4. The average molecular weight is 450 g/mol. The number of anilines is 1. The second-order valence-corrected chi connectivity index (χ2v) is 7.92. The first-order chi connectivity index (χ1) is 16.0. The van der Waals surface area contributed by atoms with Gasteiger partial charge in [-0.15, -0.1) is 0 Å². The number of benzene rings is 2. The molecule has 2 aromatic carbocycles. The molecule has 0 saturated heterocycles. The summed E-state index contributed by atoms with van der Waals surface area (Å²) in [5.74, 6) is 0.144. The summed E-state index contributed by atoms with van der Waals surface area (Å²) in [4.78, 5) is 28.2. The van der Waals surface area contributed by atoms with Crippen LogP contribution in [0.2, 0.25) is 0 Å². The Balaban J connectivity index is 1.95. The average Bonchev–Trinajstić information content (AvgIpc) is 3.33. The van der Waals surface area contributed by atoms with Gasteiger partial charge in [-0.2, -0.15) is 0 Å². The Morgan fingerprint density at radius 2 is 1.48 bits per heavy atom. The van der Waals surface area contributed by atoms with E-state index in [0.717, 1.165) is 11.3 Å². The van der Waals surface area contributed by atoms with Gasteiger partial charge in [0.2, 0.25) is 0 Å². The smallest absolute Gasteiger partial charge is 0.354 e. The number of ether oxygens (including phenoxy) is 4. The molecule has 0 aromatic heterocycles. The van der Waals surface area contributed by atoms with E-state index in [1.54, 1.807) is 19.1 Å². The van der Waals surface area contributed by atoms with Gasteiger partial charge in [-0.3, -0.25) is 4.79 Å². The molecule has 7 heteroatoms. The maximum Gasteiger partial charge on any atom is 0.354 e. The highest BCUT2D eigenvalue weighted by Gasteiger charge is 2.57. The third kappa shape index (κ3) is 3.63. The lowest BCUT2D eigenvalue weighted by molar-refractivity contribution is -0.151. The minimum Gasteiger partial charge on any atom is -0.497 e. The Labute approximate surface area is 193 Å². The molecule has 1 aliphatic heterocycles. The number of allylic oxidation sites excluding steroid dienone is 2. The fourth-order valence-corrected chi connectivity index (χ4v) is 4.84. The van der Waals surface area contributed by atoms with Gasteiger partial charge in [-0.05, 0) is 60.9 Å². The van der Waals surface area contributed by atoms with E-state index in [2.05, 4.69) is 0 Å². The fourth-order valence-electron chi connectivity index (χ4n) is 4.84. The first-order valence-electron chi connectivity index (χ1n) is 10.7. The van der Waals surface area contributed by atoms with Crippen molar-refractivity contribution in [2.75, 3.05) is 33.3 Å². The predicted molar refractivity (Wildman–Crippen MR) is 123 cm³/mol. The lowest BCUT2D eigenvalue weighted by Gasteiger charge is -2.45. The van der Waals surface area contributed by atoms with Crippen molar-refractivity contribution in [1.82, 2.24) is 0 Å². The Morgan fingerprint density at radius 1 is 0.879 bits per heavy atom. The lowest BCUT2D eigenvalue weighted by atomic mass is 9.67. The van der Waals surface area contributed by atoms with Crippen LogP contribution in [0.3, 0.4) is 0 Å². The van der Waals surface area contributed by atoms with Crippen LogP contribution in [0.1, 0.15) is 24.3 Å². The summed E-state index contributed by atoms with van der Waals surface area (Å²) in [6, 6.07) is 14.9. The van der Waals surface area contributed by atoms with Crippen molar-refractivity contribution in [3.8, 4) is 11.5 Å². The van der Waals surface area contributed by atoms with Crippen LogP contribution in [0.4, 0.5) is 5.69 Å². The molecular formula is C26H27NO6. The molecule has 2 aliphatic rings. The summed E-state index contributed by atoms with van der Waals surface area (Å²) in [5.41, 5.74) is 1.67. The SMILES string of the molecule is COC(=O)C1=CC(c2ccc(OC)cc2)C2(C(=O)OC)CCC=C2N1c1ccc(OC)cc1. The van der Waals surface area contributed by atoms with Crippen molar-refractivity contribution in [3.63, 3.8) is 0 Å². The lowest BCUT2D eigenvalue weighted by Crippen LogP contribution is -2.48. The normalized spacial score (nSPS) is 21.5. The molecule has 1 heterocycles. The molecule has 4 rings (SSSR count). The standard InChI is InChI=1S/C26H27NO6/c1-30-19-11-7-17(8-12-19)21-16-22(24(28)32-3)27(18-9-13-20(31-2)14-10-18)23-6-5-15-26(21,23)25(29)33-4/h6-14,16,21H,5,15H2,1-4H3. The van der Waals surface area contributed by atoms with Crippen molar-refractivity contribution in [2.24, 2.45) is 5.41 Å². The topological polar surface area (TPSA) is 74.3 Å². The van der Waals surface area contributed by atoms with E-state index >= 15 is 0 Å². The molecule has 0 saturated carbocycles. The second-order valence-electron chi connectivity index (χ2n) is 7.92. The van der Waals surface area contributed by atoms with Crippen LogP contribution in [-0.4, -0.2) is 40.4 Å². The molecule has 0 fully saturated rings. The Morgan fingerprint density at radius 3 is 2.03 bits per heavy atom. The van der Waals surface area contributed by atoms with E-state index in [1.807, 2.05) is 60.7 Å². The third-order valence-electron chi connectivity index (χ3n) is 6.42. The number of carbonyl (C=O) groups is 2. The third-order valence-corrected chi connectivity index (χ3v) is 6.42. The van der Waals surface area contributed by atoms with Crippen LogP contribution in [-0.2, 0) is 19.1 Å². The summed E-state index contributed by atoms with van der Waals surface area (Å²) < 4.78 is 21.1. The first-order valence-corrected chi connectivity index (χ1v) is 10.7. The van der Waals surface area contributed by atoms with E-state index in [-0.39, 0.29) is 5.97 Å². The summed E-state index contributed by atoms with van der Waals surface area (Å²) in [6.45, 7) is 0. The van der Waals surface area contributed by atoms with E-state index in [9.17, 15) is 9.59 Å². The predicted octanol–water partition coefficient (Wildman–Crippen LogP) is 4.20. The molecular weight excluding hydrogens is 422 g/mol. The summed E-state index contributed by atoms with van der Waals surface area (Å²) >= 11 is 0. The number of carbonyl (C=O) groups excluding carboxylic acids is 2. The summed E-state index contributed by atoms with van der Waals surface area (Å²) in [5, 5.41) is 0. The zero-order chi connectivity index (χ0) is 23.6. The van der Waals surface area contributed by atoms with Gasteiger partial charge < -0.3 is 23.8 Å². The Kier molecular flexibility index (Phi) is 6.14. The van der Waals surface area contributed by atoms with Gasteiger partial charge in [0.25, 0.3) is 0 Å². The molecule has 0 N–H and O–H groups in total. The van der Waals surface area contributed by atoms with Crippen LogP contribution in [0.5, 0.6) is 11.5 Å². The van der Waals surface area contributed by atoms with Gasteiger partial charge >= 0.3 is 11.9 Å². The van der Waals surface area contributed by atoms with Gasteiger partial charge in [-0.1, -0.05) is 18.2 Å².